The van der Waals surface area contributed by atoms with E-state index in [1.54, 1.807) is 0 Å². The normalized spacial score (nSPS) is 29.8. The summed E-state index contributed by atoms with van der Waals surface area (Å²) in [6, 6.07) is 10.4. The zero-order valence-corrected chi connectivity index (χ0v) is 11.5. The molecule has 1 amide bonds. The molecule has 1 saturated carbocycles. The molecule has 1 heterocycles. The summed E-state index contributed by atoms with van der Waals surface area (Å²) in [6.45, 7) is 3.96. The lowest BCUT2D eigenvalue weighted by atomic mass is 10.1. The van der Waals surface area contributed by atoms with E-state index in [9.17, 15) is 4.79 Å². The van der Waals surface area contributed by atoms with Crippen molar-refractivity contribution in [1.82, 2.24) is 10.2 Å². The van der Waals surface area contributed by atoms with Crippen LogP contribution in [0, 0.1) is 11.8 Å². The standard InChI is InChI=1S/C16H22N2O/c1-12-9-14(12)10-18-11-17-15(16(18)19)8-7-13-5-3-2-4-6-13/h2-6,12,14-15,17H,7-11H2,1H3. The molecule has 19 heavy (non-hydrogen) atoms. The van der Waals surface area contributed by atoms with Crippen LogP contribution in [0.25, 0.3) is 0 Å². The molecule has 1 saturated heterocycles. The third kappa shape index (κ3) is 2.98. The number of aryl methyl sites for hydroxylation is 1. The third-order valence-corrected chi connectivity index (χ3v) is 4.43. The van der Waals surface area contributed by atoms with Crippen LogP contribution in [-0.2, 0) is 11.2 Å². The average molecular weight is 258 g/mol. The predicted octanol–water partition coefficient (Wildman–Crippen LogP) is 2.03. The molecule has 0 aromatic heterocycles. The van der Waals surface area contributed by atoms with Crippen molar-refractivity contribution < 1.29 is 4.79 Å². The van der Waals surface area contributed by atoms with Crippen molar-refractivity contribution in [1.29, 1.82) is 0 Å². The first-order chi connectivity index (χ1) is 9.24. The van der Waals surface area contributed by atoms with Crippen molar-refractivity contribution in [3.05, 3.63) is 35.9 Å². The molecule has 3 nitrogen and oxygen atoms in total. The molecule has 1 aliphatic carbocycles. The fourth-order valence-corrected chi connectivity index (χ4v) is 2.88. The monoisotopic (exact) mass is 258 g/mol. The van der Waals surface area contributed by atoms with Crippen molar-refractivity contribution >= 4 is 5.91 Å². The Labute approximate surface area is 115 Å². The Morgan fingerprint density at radius 2 is 2.05 bits per heavy atom. The van der Waals surface area contributed by atoms with Gasteiger partial charge in [-0.2, -0.15) is 0 Å². The highest BCUT2D eigenvalue weighted by molar-refractivity contribution is 5.83. The minimum absolute atomic E-state index is 0.0225. The Bertz CT molecular complexity index is 445. The number of benzene rings is 1. The summed E-state index contributed by atoms with van der Waals surface area (Å²) in [5.41, 5.74) is 1.31. The van der Waals surface area contributed by atoms with Gasteiger partial charge in [0, 0.05) is 6.54 Å². The quantitative estimate of drug-likeness (QED) is 0.876. The summed E-state index contributed by atoms with van der Waals surface area (Å²) in [6.07, 6.45) is 3.16. The Balaban J connectivity index is 1.48. The predicted molar refractivity (Wildman–Crippen MR) is 75.5 cm³/mol. The molecule has 1 aliphatic heterocycles. The van der Waals surface area contributed by atoms with Crippen LogP contribution in [0.4, 0.5) is 0 Å². The van der Waals surface area contributed by atoms with Crippen LogP contribution in [-0.4, -0.2) is 30.1 Å². The van der Waals surface area contributed by atoms with Crippen LogP contribution in [0.5, 0.6) is 0 Å². The Morgan fingerprint density at radius 1 is 1.32 bits per heavy atom. The second-order valence-corrected chi connectivity index (χ2v) is 5.97. The molecule has 3 atom stereocenters. The van der Waals surface area contributed by atoms with E-state index in [-0.39, 0.29) is 6.04 Å². The molecule has 1 aromatic carbocycles. The van der Waals surface area contributed by atoms with Crippen LogP contribution in [0.3, 0.4) is 0 Å². The van der Waals surface area contributed by atoms with Gasteiger partial charge in [-0.3, -0.25) is 10.1 Å². The van der Waals surface area contributed by atoms with E-state index in [1.807, 2.05) is 11.0 Å². The molecule has 0 radical (unpaired) electrons. The van der Waals surface area contributed by atoms with Gasteiger partial charge in [0.25, 0.3) is 0 Å². The van der Waals surface area contributed by atoms with Crippen molar-refractivity contribution in [3.63, 3.8) is 0 Å². The van der Waals surface area contributed by atoms with E-state index in [0.29, 0.717) is 5.91 Å². The van der Waals surface area contributed by atoms with Crippen molar-refractivity contribution in [2.75, 3.05) is 13.2 Å². The highest BCUT2D eigenvalue weighted by Crippen LogP contribution is 2.38. The van der Waals surface area contributed by atoms with Gasteiger partial charge in [-0.05, 0) is 36.7 Å². The maximum Gasteiger partial charge on any atom is 0.240 e. The Hall–Kier alpha value is -1.35. The lowest BCUT2D eigenvalue weighted by molar-refractivity contribution is -0.129. The number of hydrogen-bond donors (Lipinski definition) is 1. The van der Waals surface area contributed by atoms with Crippen LogP contribution in [0.2, 0.25) is 0 Å². The molecule has 2 fully saturated rings. The number of carbonyl (C=O) groups excluding carboxylic acids is 1. The summed E-state index contributed by atoms with van der Waals surface area (Å²) >= 11 is 0. The maximum atomic E-state index is 12.3. The molecule has 0 spiro atoms. The van der Waals surface area contributed by atoms with Gasteiger partial charge in [0.1, 0.15) is 0 Å². The van der Waals surface area contributed by atoms with Crippen molar-refractivity contribution in [3.8, 4) is 0 Å². The fourth-order valence-electron chi connectivity index (χ4n) is 2.88. The largest absolute Gasteiger partial charge is 0.328 e. The fraction of sp³-hybridized carbons (Fsp3) is 0.562. The summed E-state index contributed by atoms with van der Waals surface area (Å²) in [5, 5.41) is 3.35. The van der Waals surface area contributed by atoms with Crippen LogP contribution < -0.4 is 5.32 Å². The minimum Gasteiger partial charge on any atom is -0.328 e. The summed E-state index contributed by atoms with van der Waals surface area (Å²) in [7, 11) is 0. The minimum atomic E-state index is 0.0225. The molecule has 1 N–H and O–H groups in total. The van der Waals surface area contributed by atoms with Gasteiger partial charge in [-0.25, -0.2) is 0 Å². The molecule has 1 aromatic rings. The number of hydrogen-bond acceptors (Lipinski definition) is 2. The Morgan fingerprint density at radius 3 is 2.74 bits per heavy atom. The first-order valence-corrected chi connectivity index (χ1v) is 7.30. The molecular weight excluding hydrogens is 236 g/mol. The number of nitrogens with zero attached hydrogens (tertiary/aromatic N) is 1. The van der Waals surface area contributed by atoms with Crippen molar-refractivity contribution in [2.24, 2.45) is 11.8 Å². The SMILES string of the molecule is CC1CC1CN1CNC(CCc2ccccc2)C1=O. The van der Waals surface area contributed by atoms with Gasteiger partial charge in [0.2, 0.25) is 5.91 Å². The van der Waals surface area contributed by atoms with Gasteiger partial charge in [0.05, 0.1) is 12.7 Å². The topological polar surface area (TPSA) is 32.3 Å². The highest BCUT2D eigenvalue weighted by Gasteiger charge is 2.38. The zero-order valence-electron chi connectivity index (χ0n) is 11.5. The van der Waals surface area contributed by atoms with E-state index < -0.39 is 0 Å². The molecule has 0 bridgehead atoms. The van der Waals surface area contributed by atoms with E-state index in [0.717, 1.165) is 37.9 Å². The maximum absolute atomic E-state index is 12.3. The molecule has 3 unspecified atom stereocenters. The molecule has 2 aliphatic rings. The number of nitrogens with one attached hydrogen (secondary N) is 1. The molecule has 3 rings (SSSR count). The zero-order chi connectivity index (χ0) is 13.2. The smallest absolute Gasteiger partial charge is 0.240 e. The van der Waals surface area contributed by atoms with Crippen LogP contribution in [0.15, 0.2) is 30.3 Å². The van der Waals surface area contributed by atoms with E-state index in [2.05, 4.69) is 36.5 Å². The first-order valence-electron chi connectivity index (χ1n) is 7.30. The second kappa shape index (κ2) is 5.33. The van der Waals surface area contributed by atoms with Crippen molar-refractivity contribution in [2.45, 2.75) is 32.2 Å². The number of amides is 1. The molecule has 102 valence electrons. The number of rotatable bonds is 5. The highest BCUT2D eigenvalue weighted by atomic mass is 16.2. The van der Waals surface area contributed by atoms with Crippen LogP contribution >= 0.6 is 0 Å². The number of carbonyl (C=O) groups is 1. The molecule has 3 heteroatoms. The summed E-state index contributed by atoms with van der Waals surface area (Å²) in [4.78, 5) is 14.3. The lowest BCUT2D eigenvalue weighted by Gasteiger charge is -2.15. The van der Waals surface area contributed by atoms with Gasteiger partial charge >= 0.3 is 0 Å². The lowest BCUT2D eigenvalue weighted by Crippen LogP contribution is -2.32. The first kappa shape index (κ1) is 12.7. The summed E-state index contributed by atoms with van der Waals surface area (Å²) < 4.78 is 0. The van der Waals surface area contributed by atoms with Gasteiger partial charge in [0.15, 0.2) is 0 Å². The Kier molecular flexibility index (Phi) is 3.56. The van der Waals surface area contributed by atoms with Crippen LogP contribution in [0.1, 0.15) is 25.3 Å². The van der Waals surface area contributed by atoms with E-state index >= 15 is 0 Å². The third-order valence-electron chi connectivity index (χ3n) is 4.43. The van der Waals surface area contributed by atoms with E-state index in [4.69, 9.17) is 0 Å². The van der Waals surface area contributed by atoms with Gasteiger partial charge < -0.3 is 4.90 Å². The summed E-state index contributed by atoms with van der Waals surface area (Å²) in [5.74, 6) is 1.87. The molecular formula is C16H22N2O. The van der Waals surface area contributed by atoms with Gasteiger partial charge in [-0.15, -0.1) is 0 Å². The average Bonchev–Trinajstić information content (AvgIpc) is 3.01. The van der Waals surface area contributed by atoms with Gasteiger partial charge in [-0.1, -0.05) is 37.3 Å². The second-order valence-electron chi connectivity index (χ2n) is 5.97. The van der Waals surface area contributed by atoms with E-state index in [1.165, 1.54) is 12.0 Å².